The maximum absolute atomic E-state index is 12.6. The highest BCUT2D eigenvalue weighted by Gasteiger charge is 2.36. The number of nitrogens with zero attached hydrogens (tertiary/aromatic N) is 1. The maximum atomic E-state index is 12.6. The standard InChI is InChI=1S/C18H12ClNO4S/c1-11(21)24-15-4-2-3-12(9-15)10-16-17(22)20(18(23)25-16)14-7-5-13(19)6-8-14/h2-10H,1H3. The van der Waals surface area contributed by atoms with Crippen LogP contribution in [0.4, 0.5) is 10.5 Å². The molecule has 0 radical (unpaired) electrons. The Balaban J connectivity index is 1.88. The molecule has 1 saturated heterocycles. The molecule has 1 aliphatic heterocycles. The molecule has 2 aromatic rings. The van der Waals surface area contributed by atoms with E-state index in [1.807, 2.05) is 0 Å². The van der Waals surface area contributed by atoms with Crippen molar-refractivity contribution in [2.45, 2.75) is 6.92 Å². The first-order valence-electron chi connectivity index (χ1n) is 7.26. The van der Waals surface area contributed by atoms with Crippen LogP contribution >= 0.6 is 23.4 Å². The summed E-state index contributed by atoms with van der Waals surface area (Å²) in [4.78, 5) is 37.2. The third-order valence-electron chi connectivity index (χ3n) is 3.30. The lowest BCUT2D eigenvalue weighted by Gasteiger charge is -2.12. The van der Waals surface area contributed by atoms with Crippen LogP contribution in [0.1, 0.15) is 12.5 Å². The summed E-state index contributed by atoms with van der Waals surface area (Å²) in [6.45, 7) is 1.31. The van der Waals surface area contributed by atoms with Crippen molar-refractivity contribution in [1.82, 2.24) is 0 Å². The van der Waals surface area contributed by atoms with E-state index >= 15 is 0 Å². The van der Waals surface area contributed by atoms with Crippen molar-refractivity contribution in [3.05, 3.63) is 64.0 Å². The third-order valence-corrected chi connectivity index (χ3v) is 4.42. The van der Waals surface area contributed by atoms with Crippen molar-refractivity contribution in [2.24, 2.45) is 0 Å². The number of rotatable bonds is 3. The molecule has 3 rings (SSSR count). The van der Waals surface area contributed by atoms with Gasteiger partial charge in [-0.1, -0.05) is 23.7 Å². The van der Waals surface area contributed by atoms with Gasteiger partial charge in [-0.25, -0.2) is 4.90 Å². The van der Waals surface area contributed by atoms with E-state index in [2.05, 4.69) is 0 Å². The summed E-state index contributed by atoms with van der Waals surface area (Å²) in [7, 11) is 0. The van der Waals surface area contributed by atoms with Crippen molar-refractivity contribution in [3.8, 4) is 5.75 Å². The summed E-state index contributed by atoms with van der Waals surface area (Å²) in [5.41, 5.74) is 1.12. The van der Waals surface area contributed by atoms with E-state index in [4.69, 9.17) is 16.3 Å². The number of amides is 2. The fraction of sp³-hybridized carbons (Fsp3) is 0.0556. The molecular weight excluding hydrogens is 362 g/mol. The SMILES string of the molecule is CC(=O)Oc1cccc(C=C2SC(=O)N(c3ccc(Cl)cc3)C2=O)c1. The lowest BCUT2D eigenvalue weighted by molar-refractivity contribution is -0.131. The highest BCUT2D eigenvalue weighted by Crippen LogP contribution is 2.36. The molecule has 25 heavy (non-hydrogen) atoms. The number of esters is 1. The van der Waals surface area contributed by atoms with Crippen LogP contribution in [0.3, 0.4) is 0 Å². The Bertz CT molecular complexity index is 892. The number of imide groups is 1. The summed E-state index contributed by atoms with van der Waals surface area (Å²) < 4.78 is 5.02. The van der Waals surface area contributed by atoms with E-state index in [-0.39, 0.29) is 5.24 Å². The number of benzene rings is 2. The van der Waals surface area contributed by atoms with Gasteiger partial charge in [0, 0.05) is 11.9 Å². The summed E-state index contributed by atoms with van der Waals surface area (Å²) in [5.74, 6) is -0.464. The quantitative estimate of drug-likeness (QED) is 0.450. The van der Waals surface area contributed by atoms with Crippen molar-refractivity contribution < 1.29 is 19.1 Å². The summed E-state index contributed by atoms with van der Waals surface area (Å²) in [6.07, 6.45) is 1.59. The average Bonchev–Trinajstić information content (AvgIpc) is 2.82. The number of carbonyl (C=O) groups is 3. The molecule has 1 aliphatic rings. The van der Waals surface area contributed by atoms with Crippen LogP contribution in [-0.2, 0) is 9.59 Å². The Morgan fingerprint density at radius 1 is 1.16 bits per heavy atom. The Morgan fingerprint density at radius 2 is 1.88 bits per heavy atom. The first kappa shape index (κ1) is 17.3. The Labute approximate surface area is 153 Å². The van der Waals surface area contributed by atoms with Gasteiger partial charge in [0.05, 0.1) is 10.6 Å². The maximum Gasteiger partial charge on any atom is 0.308 e. The molecule has 0 aromatic heterocycles. The molecule has 2 amide bonds. The van der Waals surface area contributed by atoms with Crippen LogP contribution in [0.5, 0.6) is 5.75 Å². The van der Waals surface area contributed by atoms with Gasteiger partial charge in [0.15, 0.2) is 0 Å². The van der Waals surface area contributed by atoms with E-state index < -0.39 is 11.9 Å². The third kappa shape index (κ3) is 3.92. The zero-order chi connectivity index (χ0) is 18.0. The Morgan fingerprint density at radius 3 is 2.56 bits per heavy atom. The fourth-order valence-corrected chi connectivity index (χ4v) is 3.23. The second kappa shape index (κ2) is 7.13. The van der Waals surface area contributed by atoms with Crippen LogP contribution in [0.25, 0.3) is 6.08 Å². The van der Waals surface area contributed by atoms with Crippen molar-refractivity contribution in [2.75, 3.05) is 4.90 Å². The molecule has 7 heteroatoms. The highest BCUT2D eigenvalue weighted by atomic mass is 35.5. The molecule has 2 aromatic carbocycles. The fourth-order valence-electron chi connectivity index (χ4n) is 2.27. The number of thioether (sulfide) groups is 1. The summed E-state index contributed by atoms with van der Waals surface area (Å²) in [5, 5.41) is 0.142. The lowest BCUT2D eigenvalue weighted by atomic mass is 10.2. The second-order valence-electron chi connectivity index (χ2n) is 5.16. The minimum absolute atomic E-state index is 0.292. The zero-order valence-electron chi connectivity index (χ0n) is 13.1. The number of halogens is 1. The van der Waals surface area contributed by atoms with Gasteiger partial charge in [-0.15, -0.1) is 0 Å². The summed E-state index contributed by atoms with van der Waals surface area (Å²) >= 11 is 6.69. The largest absolute Gasteiger partial charge is 0.427 e. The molecule has 0 spiro atoms. The van der Waals surface area contributed by atoms with Crippen LogP contribution in [0, 0.1) is 0 Å². The minimum Gasteiger partial charge on any atom is -0.427 e. The molecule has 1 fully saturated rings. The highest BCUT2D eigenvalue weighted by molar-refractivity contribution is 8.19. The predicted molar refractivity (Wildman–Crippen MR) is 97.7 cm³/mol. The molecule has 126 valence electrons. The lowest BCUT2D eigenvalue weighted by Crippen LogP contribution is -2.27. The van der Waals surface area contributed by atoms with E-state index in [0.29, 0.717) is 26.9 Å². The molecular formula is C18H12ClNO4S. The van der Waals surface area contributed by atoms with Crippen LogP contribution in [-0.4, -0.2) is 17.1 Å². The molecule has 0 aliphatic carbocycles. The number of anilines is 1. The number of hydrogen-bond acceptors (Lipinski definition) is 5. The molecule has 0 atom stereocenters. The van der Waals surface area contributed by atoms with Gasteiger partial charge in [-0.2, -0.15) is 0 Å². The second-order valence-corrected chi connectivity index (χ2v) is 6.59. The van der Waals surface area contributed by atoms with Crippen molar-refractivity contribution in [1.29, 1.82) is 0 Å². The van der Waals surface area contributed by atoms with Gasteiger partial charge >= 0.3 is 5.97 Å². The Kier molecular flexibility index (Phi) is 4.92. The number of hydrogen-bond donors (Lipinski definition) is 0. The van der Waals surface area contributed by atoms with Crippen LogP contribution < -0.4 is 9.64 Å². The van der Waals surface area contributed by atoms with Crippen LogP contribution in [0.15, 0.2) is 53.4 Å². The van der Waals surface area contributed by atoms with Gasteiger partial charge < -0.3 is 4.74 Å². The summed E-state index contributed by atoms with van der Waals surface area (Å²) in [6, 6.07) is 13.2. The molecule has 0 saturated carbocycles. The number of carbonyl (C=O) groups excluding carboxylic acids is 3. The van der Waals surface area contributed by atoms with Crippen molar-refractivity contribution in [3.63, 3.8) is 0 Å². The molecule has 5 nitrogen and oxygen atoms in total. The smallest absolute Gasteiger partial charge is 0.308 e. The van der Waals surface area contributed by atoms with Gasteiger partial charge in [0.1, 0.15) is 5.75 Å². The Hall–Kier alpha value is -2.57. The topological polar surface area (TPSA) is 63.7 Å². The average molecular weight is 374 g/mol. The van der Waals surface area contributed by atoms with E-state index in [0.717, 1.165) is 16.7 Å². The molecule has 0 N–H and O–H groups in total. The minimum atomic E-state index is -0.430. The monoisotopic (exact) mass is 373 g/mol. The first-order valence-corrected chi connectivity index (χ1v) is 8.45. The normalized spacial score (nSPS) is 15.8. The molecule has 1 heterocycles. The molecule has 0 unspecified atom stereocenters. The van der Waals surface area contributed by atoms with Gasteiger partial charge in [-0.3, -0.25) is 14.4 Å². The van der Waals surface area contributed by atoms with Crippen molar-refractivity contribution >= 4 is 52.2 Å². The van der Waals surface area contributed by atoms with E-state index in [1.54, 1.807) is 54.6 Å². The van der Waals surface area contributed by atoms with Gasteiger partial charge in [-0.05, 0) is 59.8 Å². The van der Waals surface area contributed by atoms with Gasteiger partial charge in [0.25, 0.3) is 11.1 Å². The van der Waals surface area contributed by atoms with Gasteiger partial charge in [0.2, 0.25) is 0 Å². The predicted octanol–water partition coefficient (Wildman–Crippen LogP) is 4.51. The first-order chi connectivity index (χ1) is 11.9. The van der Waals surface area contributed by atoms with E-state index in [1.165, 1.54) is 6.92 Å². The number of ether oxygens (including phenoxy) is 1. The zero-order valence-corrected chi connectivity index (χ0v) is 14.6. The van der Waals surface area contributed by atoms with Crippen LogP contribution in [0.2, 0.25) is 5.02 Å². The molecule has 0 bridgehead atoms. The van der Waals surface area contributed by atoms with E-state index in [9.17, 15) is 14.4 Å².